The van der Waals surface area contributed by atoms with E-state index in [1.54, 1.807) is 18.3 Å². The minimum atomic E-state index is -0.541. The van der Waals surface area contributed by atoms with Gasteiger partial charge in [0.2, 0.25) is 5.91 Å². The van der Waals surface area contributed by atoms with E-state index in [1.807, 2.05) is 24.3 Å². The summed E-state index contributed by atoms with van der Waals surface area (Å²) in [6.07, 6.45) is 2.50. The number of thiazole rings is 1. The van der Waals surface area contributed by atoms with Crippen LogP contribution in [0.15, 0.2) is 29.6 Å². The Morgan fingerprint density at radius 1 is 1.32 bits per heavy atom. The van der Waals surface area contributed by atoms with E-state index in [1.165, 1.54) is 12.8 Å². The molecule has 2 heterocycles. The van der Waals surface area contributed by atoms with Crippen molar-refractivity contribution >= 4 is 39.7 Å². The van der Waals surface area contributed by atoms with Gasteiger partial charge < -0.3 is 10.2 Å². The zero-order valence-electron chi connectivity index (χ0n) is 12.4. The number of aromatic nitrogens is 1. The largest absolute Gasteiger partial charge is 0.348 e. The van der Waals surface area contributed by atoms with Crippen molar-refractivity contribution < 1.29 is 4.79 Å². The molecule has 116 valence electrons. The van der Waals surface area contributed by atoms with Gasteiger partial charge in [0.25, 0.3) is 0 Å². The number of halogens is 1. The van der Waals surface area contributed by atoms with Crippen molar-refractivity contribution in [3.63, 3.8) is 0 Å². The van der Waals surface area contributed by atoms with Gasteiger partial charge in [0.15, 0.2) is 5.13 Å². The molecule has 1 aromatic heterocycles. The van der Waals surface area contributed by atoms with Gasteiger partial charge in [-0.3, -0.25) is 4.79 Å². The third-order valence-electron chi connectivity index (χ3n) is 3.68. The van der Waals surface area contributed by atoms with Crippen molar-refractivity contribution in [2.24, 2.45) is 0 Å². The van der Waals surface area contributed by atoms with E-state index in [0.29, 0.717) is 0 Å². The quantitative estimate of drug-likeness (QED) is 0.860. The number of alkyl halides is 1. The smallest absolute Gasteiger partial charge is 0.242 e. The van der Waals surface area contributed by atoms with Crippen LogP contribution in [0.4, 0.5) is 10.8 Å². The van der Waals surface area contributed by atoms with Crippen molar-refractivity contribution in [2.75, 3.05) is 23.3 Å². The highest BCUT2D eigenvalue weighted by Gasteiger charge is 2.16. The maximum atomic E-state index is 11.6. The van der Waals surface area contributed by atoms with Crippen LogP contribution < -0.4 is 10.2 Å². The van der Waals surface area contributed by atoms with Crippen molar-refractivity contribution in [3.05, 3.63) is 29.6 Å². The summed E-state index contributed by atoms with van der Waals surface area (Å²) >= 11 is 7.43. The van der Waals surface area contributed by atoms with Crippen LogP contribution in [-0.2, 0) is 4.79 Å². The predicted molar refractivity (Wildman–Crippen MR) is 92.9 cm³/mol. The Bertz CT molecular complexity index is 648. The maximum Gasteiger partial charge on any atom is 0.242 e. The number of hydrogen-bond acceptors (Lipinski definition) is 4. The molecular formula is C16H18ClN3OS. The van der Waals surface area contributed by atoms with Crippen molar-refractivity contribution in [1.29, 1.82) is 0 Å². The highest BCUT2D eigenvalue weighted by Crippen LogP contribution is 2.30. The molecule has 22 heavy (non-hydrogen) atoms. The first-order valence-corrected chi connectivity index (χ1v) is 8.71. The zero-order valence-corrected chi connectivity index (χ0v) is 14.0. The summed E-state index contributed by atoms with van der Waals surface area (Å²) in [6, 6.07) is 7.69. The summed E-state index contributed by atoms with van der Waals surface area (Å²) in [5.41, 5.74) is 2.78. The van der Waals surface area contributed by atoms with E-state index in [2.05, 4.69) is 15.6 Å². The number of benzene rings is 1. The lowest BCUT2D eigenvalue weighted by Gasteiger charge is -2.12. The molecule has 0 bridgehead atoms. The number of nitrogens with zero attached hydrogens (tertiary/aromatic N) is 2. The van der Waals surface area contributed by atoms with Crippen molar-refractivity contribution in [3.8, 4) is 11.3 Å². The highest BCUT2D eigenvalue weighted by molar-refractivity contribution is 7.14. The average molecular weight is 336 g/mol. The lowest BCUT2D eigenvalue weighted by molar-refractivity contribution is -0.115. The van der Waals surface area contributed by atoms with Gasteiger partial charge in [-0.1, -0.05) is 12.1 Å². The average Bonchev–Trinajstić information content (AvgIpc) is 3.19. The Morgan fingerprint density at radius 3 is 2.64 bits per heavy atom. The molecule has 1 amide bonds. The van der Waals surface area contributed by atoms with Gasteiger partial charge in [-0.15, -0.1) is 22.9 Å². The molecule has 3 rings (SSSR count). The first kappa shape index (κ1) is 15.3. The molecule has 6 heteroatoms. The second-order valence-corrected chi connectivity index (χ2v) is 6.88. The number of rotatable bonds is 4. The molecule has 4 nitrogen and oxygen atoms in total. The van der Waals surface area contributed by atoms with Gasteiger partial charge in [-0.2, -0.15) is 0 Å². The van der Waals surface area contributed by atoms with E-state index >= 15 is 0 Å². The predicted octanol–water partition coefficient (Wildman–Crippen LogP) is 3.98. The number of nitrogens with one attached hydrogen (secondary N) is 1. The topological polar surface area (TPSA) is 45.2 Å². The monoisotopic (exact) mass is 335 g/mol. The lowest BCUT2D eigenvalue weighted by Crippen LogP contribution is -2.20. The first-order chi connectivity index (χ1) is 10.6. The molecule has 0 radical (unpaired) electrons. The lowest BCUT2D eigenvalue weighted by atomic mass is 10.1. The van der Waals surface area contributed by atoms with Crippen LogP contribution in [0.5, 0.6) is 0 Å². The molecule has 2 aromatic rings. The first-order valence-electron chi connectivity index (χ1n) is 7.39. The van der Waals surface area contributed by atoms with Crippen LogP contribution in [0.3, 0.4) is 0 Å². The third-order valence-corrected chi connectivity index (χ3v) is 4.78. The van der Waals surface area contributed by atoms with Crippen molar-refractivity contribution in [1.82, 2.24) is 4.98 Å². The van der Waals surface area contributed by atoms with Crippen LogP contribution in [0, 0.1) is 0 Å². The standard InChI is InChI=1S/C16H18ClN3OS/c1-11(17)15(21)18-13-6-4-12(5-7-13)14-10-22-16(19-14)20-8-2-3-9-20/h4-7,10-11H,2-3,8-9H2,1H3,(H,18,21)/t11-/m1/s1. The fourth-order valence-electron chi connectivity index (χ4n) is 2.42. The molecule has 1 aliphatic rings. The summed E-state index contributed by atoms with van der Waals surface area (Å²) < 4.78 is 0. The summed E-state index contributed by atoms with van der Waals surface area (Å²) in [6.45, 7) is 3.86. The van der Waals surface area contributed by atoms with Gasteiger partial charge in [0.05, 0.1) is 5.69 Å². The van der Waals surface area contributed by atoms with Crippen LogP contribution in [0.1, 0.15) is 19.8 Å². The molecular weight excluding hydrogens is 318 g/mol. The van der Waals surface area contributed by atoms with Gasteiger partial charge in [0.1, 0.15) is 5.38 Å². The molecule has 1 atom stereocenters. The van der Waals surface area contributed by atoms with E-state index in [9.17, 15) is 4.79 Å². The second-order valence-electron chi connectivity index (χ2n) is 5.39. The van der Waals surface area contributed by atoms with Gasteiger partial charge in [-0.05, 0) is 31.9 Å². The van der Waals surface area contributed by atoms with Gasteiger partial charge in [-0.25, -0.2) is 4.98 Å². The summed E-state index contributed by atoms with van der Waals surface area (Å²) in [5, 5.41) is 5.42. The fourth-order valence-corrected chi connectivity index (χ4v) is 3.36. The minimum absolute atomic E-state index is 0.195. The molecule has 1 aromatic carbocycles. The number of carbonyl (C=O) groups is 1. The molecule has 0 aliphatic carbocycles. The SMILES string of the molecule is C[C@@H](Cl)C(=O)Nc1ccc(-c2csc(N3CCCC3)n2)cc1. The van der Waals surface area contributed by atoms with E-state index in [-0.39, 0.29) is 5.91 Å². The third kappa shape index (κ3) is 3.42. The van der Waals surface area contributed by atoms with Crippen LogP contribution in [-0.4, -0.2) is 29.4 Å². The number of amides is 1. The molecule has 0 saturated carbocycles. The number of carbonyl (C=O) groups excluding carboxylic acids is 1. The fraction of sp³-hybridized carbons (Fsp3) is 0.375. The summed E-state index contributed by atoms with van der Waals surface area (Å²) in [7, 11) is 0. The van der Waals surface area contributed by atoms with Gasteiger partial charge >= 0.3 is 0 Å². The molecule has 1 N–H and O–H groups in total. The summed E-state index contributed by atoms with van der Waals surface area (Å²) in [5.74, 6) is -0.195. The second kappa shape index (κ2) is 6.67. The van der Waals surface area contributed by atoms with Crippen LogP contribution >= 0.6 is 22.9 Å². The van der Waals surface area contributed by atoms with E-state index in [0.717, 1.165) is 35.2 Å². The van der Waals surface area contributed by atoms with E-state index in [4.69, 9.17) is 16.6 Å². The summed E-state index contributed by atoms with van der Waals surface area (Å²) in [4.78, 5) is 18.6. The normalized spacial score (nSPS) is 15.8. The number of anilines is 2. The van der Waals surface area contributed by atoms with Crippen molar-refractivity contribution in [2.45, 2.75) is 25.1 Å². The Balaban J connectivity index is 1.71. The molecule has 0 unspecified atom stereocenters. The molecule has 0 spiro atoms. The Morgan fingerprint density at radius 2 is 2.00 bits per heavy atom. The molecule has 1 fully saturated rings. The maximum absolute atomic E-state index is 11.6. The Labute approximate surface area is 139 Å². The Kier molecular flexibility index (Phi) is 4.64. The van der Waals surface area contributed by atoms with Crippen LogP contribution in [0.2, 0.25) is 0 Å². The van der Waals surface area contributed by atoms with Gasteiger partial charge in [0, 0.05) is 29.7 Å². The Hall–Kier alpha value is -1.59. The highest BCUT2D eigenvalue weighted by atomic mass is 35.5. The molecule has 1 aliphatic heterocycles. The molecule has 1 saturated heterocycles. The van der Waals surface area contributed by atoms with Crippen LogP contribution in [0.25, 0.3) is 11.3 Å². The minimum Gasteiger partial charge on any atom is -0.348 e. The van der Waals surface area contributed by atoms with E-state index < -0.39 is 5.38 Å². The zero-order chi connectivity index (χ0) is 15.5. The number of hydrogen-bond donors (Lipinski definition) is 1.